The fourth-order valence-corrected chi connectivity index (χ4v) is 3.72. The number of nitrogens with one attached hydrogen (secondary N) is 3. The number of esters is 1. The number of nitro groups is 1. The monoisotopic (exact) mass is 550 g/mol. The van der Waals surface area contributed by atoms with Gasteiger partial charge in [-0.3, -0.25) is 20.2 Å². The van der Waals surface area contributed by atoms with Crippen LogP contribution in [-0.2, 0) is 16.0 Å². The van der Waals surface area contributed by atoms with Crippen LogP contribution in [0.3, 0.4) is 0 Å². The summed E-state index contributed by atoms with van der Waals surface area (Å²) in [7, 11) is 2.64. The first kappa shape index (κ1) is 29.6. The number of anilines is 2. The van der Waals surface area contributed by atoms with Crippen molar-refractivity contribution < 1.29 is 33.5 Å². The van der Waals surface area contributed by atoms with E-state index in [0.29, 0.717) is 22.7 Å². The summed E-state index contributed by atoms with van der Waals surface area (Å²) in [6.07, 6.45) is -0.681. The van der Waals surface area contributed by atoms with E-state index in [1.165, 1.54) is 26.4 Å². The zero-order valence-corrected chi connectivity index (χ0v) is 22.5. The molecule has 0 aromatic heterocycles. The van der Waals surface area contributed by atoms with E-state index in [9.17, 15) is 24.5 Å². The van der Waals surface area contributed by atoms with Crippen LogP contribution in [-0.4, -0.2) is 49.7 Å². The van der Waals surface area contributed by atoms with Crippen LogP contribution in [0, 0.1) is 17.0 Å². The Morgan fingerprint density at radius 3 is 2.35 bits per heavy atom. The summed E-state index contributed by atoms with van der Waals surface area (Å²) in [6, 6.07) is 15.7. The van der Waals surface area contributed by atoms with Gasteiger partial charge in [-0.05, 0) is 55.3 Å². The molecule has 1 atom stereocenters. The van der Waals surface area contributed by atoms with Crippen molar-refractivity contribution in [3.05, 3.63) is 87.5 Å². The second-order valence-corrected chi connectivity index (χ2v) is 8.72. The van der Waals surface area contributed by atoms with Gasteiger partial charge in [0.2, 0.25) is 0 Å². The number of carbonyl (C=O) groups excluding carboxylic acids is 3. The molecule has 0 bridgehead atoms. The molecule has 0 spiro atoms. The van der Waals surface area contributed by atoms with E-state index in [-0.39, 0.29) is 30.1 Å². The summed E-state index contributed by atoms with van der Waals surface area (Å²) in [5, 5.41) is 19.8. The van der Waals surface area contributed by atoms with Crippen molar-refractivity contribution in [2.75, 3.05) is 31.4 Å². The predicted molar refractivity (Wildman–Crippen MR) is 148 cm³/mol. The number of aryl methyl sites for hydroxylation is 1. The lowest BCUT2D eigenvalue weighted by molar-refractivity contribution is -0.386. The number of rotatable bonds is 12. The quantitative estimate of drug-likeness (QED) is 0.128. The fraction of sp³-hybridized carbons (Fsp3) is 0.250. The van der Waals surface area contributed by atoms with Gasteiger partial charge < -0.3 is 24.8 Å². The van der Waals surface area contributed by atoms with Crippen LogP contribution in [0.5, 0.6) is 11.5 Å². The Labute approximate surface area is 230 Å². The molecule has 3 rings (SSSR count). The van der Waals surface area contributed by atoms with E-state index < -0.39 is 28.8 Å². The van der Waals surface area contributed by atoms with E-state index in [4.69, 9.17) is 9.47 Å². The smallest absolute Gasteiger partial charge is 0.338 e. The van der Waals surface area contributed by atoms with Gasteiger partial charge in [0.05, 0.1) is 36.9 Å². The average molecular weight is 551 g/mol. The molecule has 0 aliphatic heterocycles. The molecule has 1 unspecified atom stereocenters. The van der Waals surface area contributed by atoms with Crippen molar-refractivity contribution in [3.8, 4) is 11.5 Å². The third-order valence-corrected chi connectivity index (χ3v) is 5.78. The summed E-state index contributed by atoms with van der Waals surface area (Å²) in [4.78, 5) is 47.5. The number of carbonyl (C=O) groups is 3. The predicted octanol–water partition coefficient (Wildman–Crippen LogP) is 4.47. The number of urea groups is 1. The number of methoxy groups -OCH3 is 2. The zero-order valence-electron chi connectivity index (χ0n) is 22.5. The van der Waals surface area contributed by atoms with Gasteiger partial charge in [-0.25, -0.2) is 9.59 Å². The third kappa shape index (κ3) is 8.01. The Morgan fingerprint density at radius 1 is 0.950 bits per heavy atom. The highest BCUT2D eigenvalue weighted by Gasteiger charge is 2.21. The number of benzene rings is 3. The molecule has 0 aliphatic carbocycles. The maximum absolute atomic E-state index is 12.6. The molecule has 0 heterocycles. The van der Waals surface area contributed by atoms with Crippen LogP contribution in [0.2, 0.25) is 0 Å². The Kier molecular flexibility index (Phi) is 10.1. The number of Topliss-reactive ketones (excluding diaryl/α,β-unsaturated/α-hetero) is 1. The minimum absolute atomic E-state index is 0.0147. The van der Waals surface area contributed by atoms with Crippen molar-refractivity contribution in [2.45, 2.75) is 26.5 Å². The lowest BCUT2D eigenvalue weighted by Crippen LogP contribution is -2.36. The van der Waals surface area contributed by atoms with Gasteiger partial charge in [0.15, 0.2) is 11.5 Å². The first-order chi connectivity index (χ1) is 19.1. The molecule has 0 aliphatic rings. The first-order valence-corrected chi connectivity index (χ1v) is 12.2. The van der Waals surface area contributed by atoms with Crippen LogP contribution < -0.4 is 25.4 Å². The molecule has 0 saturated carbocycles. The molecule has 0 fully saturated rings. The van der Waals surface area contributed by atoms with E-state index in [0.717, 1.165) is 11.6 Å². The molecule has 40 heavy (non-hydrogen) atoms. The van der Waals surface area contributed by atoms with Gasteiger partial charge in [-0.15, -0.1) is 0 Å². The molecular weight excluding hydrogens is 520 g/mol. The number of hydrogen-bond donors (Lipinski definition) is 3. The summed E-state index contributed by atoms with van der Waals surface area (Å²) in [5.74, 6) is -0.564. The van der Waals surface area contributed by atoms with Crippen molar-refractivity contribution in [2.24, 2.45) is 0 Å². The van der Waals surface area contributed by atoms with Crippen LogP contribution in [0.15, 0.2) is 60.7 Å². The van der Waals surface area contributed by atoms with E-state index in [1.54, 1.807) is 31.2 Å². The number of nitro benzene ring substituents is 1. The van der Waals surface area contributed by atoms with Crippen molar-refractivity contribution in [1.82, 2.24) is 5.32 Å². The standard InChI is InChI=1S/C28H30N4O8/c1-17-7-5-6-8-22(17)30-28(35)31-23-11-9-19(14-26(23)38-3)13-21(33)16-29-18(2)40-25-12-10-20(27(34)39-4)15-24(25)32(36)37/h5-12,14-15,18,29H,13,16H2,1-4H3,(H2,30,31,35). The zero-order chi connectivity index (χ0) is 29.2. The van der Waals surface area contributed by atoms with Gasteiger partial charge in [0.1, 0.15) is 12.0 Å². The largest absolute Gasteiger partial charge is 0.495 e. The number of ketones is 1. The molecule has 3 N–H and O–H groups in total. The number of nitrogens with zero attached hydrogens (tertiary/aromatic N) is 1. The highest BCUT2D eigenvalue weighted by atomic mass is 16.6. The van der Waals surface area contributed by atoms with Crippen LogP contribution >= 0.6 is 0 Å². The Hall–Kier alpha value is -4.97. The fourth-order valence-electron chi connectivity index (χ4n) is 3.72. The molecule has 3 aromatic rings. The number of amides is 2. The maximum Gasteiger partial charge on any atom is 0.338 e. The molecule has 3 aromatic carbocycles. The van der Waals surface area contributed by atoms with Gasteiger partial charge in [0.25, 0.3) is 0 Å². The average Bonchev–Trinajstić information content (AvgIpc) is 2.93. The van der Waals surface area contributed by atoms with Gasteiger partial charge in [-0.1, -0.05) is 24.3 Å². The SMILES string of the molecule is COC(=O)c1ccc(OC(C)NCC(=O)Cc2ccc(NC(=O)Nc3ccccc3C)c(OC)c2)c([N+](=O)[O-])c1. The molecule has 12 nitrogen and oxygen atoms in total. The Bertz CT molecular complexity index is 1410. The third-order valence-electron chi connectivity index (χ3n) is 5.78. The van der Waals surface area contributed by atoms with Crippen LogP contribution in [0.25, 0.3) is 0 Å². The van der Waals surface area contributed by atoms with Gasteiger partial charge >= 0.3 is 17.7 Å². The van der Waals surface area contributed by atoms with Crippen LogP contribution in [0.1, 0.15) is 28.4 Å². The number of para-hydroxylation sites is 1. The summed E-state index contributed by atoms with van der Waals surface area (Å²) >= 11 is 0. The van der Waals surface area contributed by atoms with E-state index >= 15 is 0 Å². The first-order valence-electron chi connectivity index (χ1n) is 12.2. The summed E-state index contributed by atoms with van der Waals surface area (Å²) in [6.45, 7) is 3.41. The molecule has 0 saturated heterocycles. The molecule has 210 valence electrons. The minimum atomic E-state index is -0.750. The van der Waals surface area contributed by atoms with Crippen LogP contribution in [0.4, 0.5) is 21.9 Å². The maximum atomic E-state index is 12.6. The molecule has 0 radical (unpaired) electrons. The highest BCUT2D eigenvalue weighted by Crippen LogP contribution is 2.29. The number of hydrogen-bond acceptors (Lipinski definition) is 9. The summed E-state index contributed by atoms with van der Waals surface area (Å²) < 4.78 is 15.6. The second-order valence-electron chi connectivity index (χ2n) is 8.72. The van der Waals surface area contributed by atoms with Crippen molar-refractivity contribution >= 4 is 34.8 Å². The molecule has 2 amide bonds. The lowest BCUT2D eigenvalue weighted by atomic mass is 10.1. The number of ether oxygens (including phenoxy) is 3. The van der Waals surface area contributed by atoms with Crippen molar-refractivity contribution in [3.63, 3.8) is 0 Å². The highest BCUT2D eigenvalue weighted by molar-refractivity contribution is 6.01. The van der Waals surface area contributed by atoms with Gasteiger partial charge in [-0.2, -0.15) is 0 Å². The summed E-state index contributed by atoms with van der Waals surface area (Å²) in [5.41, 5.74) is 2.30. The Morgan fingerprint density at radius 2 is 1.68 bits per heavy atom. The lowest BCUT2D eigenvalue weighted by Gasteiger charge is -2.16. The van der Waals surface area contributed by atoms with E-state index in [2.05, 4.69) is 20.7 Å². The topological polar surface area (TPSA) is 158 Å². The molecule has 12 heteroatoms. The second kappa shape index (κ2) is 13.7. The van der Waals surface area contributed by atoms with Crippen molar-refractivity contribution in [1.29, 1.82) is 0 Å². The molecular formula is C28H30N4O8. The normalized spacial score (nSPS) is 11.2. The Balaban J connectivity index is 1.56. The minimum Gasteiger partial charge on any atom is -0.495 e. The van der Waals surface area contributed by atoms with Gasteiger partial charge in [0, 0.05) is 18.2 Å². The van der Waals surface area contributed by atoms with E-state index in [1.807, 2.05) is 25.1 Å².